The van der Waals surface area contributed by atoms with Crippen molar-refractivity contribution < 1.29 is 22.0 Å². The Balaban J connectivity index is 1.64. The van der Waals surface area contributed by atoms with Crippen LogP contribution < -0.4 is 10.6 Å². The summed E-state index contributed by atoms with van der Waals surface area (Å²) in [4.78, 5) is 16.0. The lowest BCUT2D eigenvalue weighted by Gasteiger charge is -2.50. The van der Waals surface area contributed by atoms with Gasteiger partial charge in [0.15, 0.2) is 9.84 Å². The molecule has 0 unspecified atom stereocenters. The molecule has 1 aliphatic carbocycles. The van der Waals surface area contributed by atoms with Crippen molar-refractivity contribution >= 4 is 27.3 Å². The lowest BCUT2D eigenvalue weighted by molar-refractivity contribution is 0.102. The number of benzene rings is 1. The first-order valence-electron chi connectivity index (χ1n) is 9.39. The van der Waals surface area contributed by atoms with Crippen molar-refractivity contribution in [3.8, 4) is 0 Å². The average Bonchev–Trinajstić information content (AvgIpc) is 2.61. The third kappa shape index (κ3) is 3.15. The topological polar surface area (TPSA) is 112 Å². The van der Waals surface area contributed by atoms with Crippen molar-refractivity contribution in [1.82, 2.24) is 10.3 Å². The zero-order chi connectivity index (χ0) is 21.7. The Bertz CT molecular complexity index is 1150. The van der Waals surface area contributed by atoms with Gasteiger partial charge in [-0.05, 0) is 56.5 Å². The number of hydrogen-bond acceptors (Lipinski definition) is 5. The summed E-state index contributed by atoms with van der Waals surface area (Å²) in [6, 6.07) is 6.10. The van der Waals surface area contributed by atoms with E-state index in [2.05, 4.69) is 15.6 Å². The molecule has 10 heteroatoms. The molecule has 1 aliphatic heterocycles. The maximum atomic E-state index is 14.7. The molecule has 1 amide bonds. The van der Waals surface area contributed by atoms with Gasteiger partial charge in [-0.15, -0.1) is 0 Å². The first-order chi connectivity index (χ1) is 14.1. The second kappa shape index (κ2) is 6.83. The average molecular weight is 434 g/mol. The molecule has 0 radical (unpaired) electrons. The third-order valence-corrected chi connectivity index (χ3v) is 8.63. The number of amidine groups is 1. The van der Waals surface area contributed by atoms with Crippen LogP contribution in [0.5, 0.6) is 0 Å². The second-order valence-corrected chi connectivity index (χ2v) is 10.2. The van der Waals surface area contributed by atoms with Gasteiger partial charge in [0.05, 0.1) is 17.5 Å². The number of nitrogens with one attached hydrogen (secondary N) is 3. The fourth-order valence-electron chi connectivity index (χ4n) is 4.03. The summed E-state index contributed by atoms with van der Waals surface area (Å²) in [6.07, 6.45) is 2.42. The highest BCUT2D eigenvalue weighted by Gasteiger charge is 2.59. The van der Waals surface area contributed by atoms with E-state index in [-0.39, 0.29) is 28.5 Å². The smallest absolute Gasteiger partial charge is 0.274 e. The molecule has 1 saturated carbocycles. The standard InChI is InChI=1S/C20H20F2N4O3S/c1-19(11-30(28,29)20(7-2-8-20)18(23)26-19)14-9-13(4-5-15(14)22)25-17(27)16-6-3-12(21)10-24-16/h3-6,9-10H,2,7-8,11H2,1H3,(H2,23,26)(H,25,27)/t19-/m0/s1. The number of halogens is 2. The third-order valence-electron chi connectivity index (χ3n) is 5.87. The fraction of sp³-hybridized carbons (Fsp3) is 0.350. The van der Waals surface area contributed by atoms with Gasteiger partial charge in [0.25, 0.3) is 5.91 Å². The highest BCUT2D eigenvalue weighted by Crippen LogP contribution is 2.46. The number of sulfone groups is 1. The van der Waals surface area contributed by atoms with E-state index in [1.807, 2.05) is 0 Å². The minimum atomic E-state index is -3.68. The Hall–Kier alpha value is -2.88. The van der Waals surface area contributed by atoms with E-state index in [1.165, 1.54) is 25.1 Å². The number of pyridine rings is 1. The van der Waals surface area contributed by atoms with E-state index in [0.717, 1.165) is 24.8 Å². The summed E-state index contributed by atoms with van der Waals surface area (Å²) in [7, 11) is -3.68. The van der Waals surface area contributed by atoms with Crippen molar-refractivity contribution in [1.29, 1.82) is 5.41 Å². The summed E-state index contributed by atoms with van der Waals surface area (Å²) >= 11 is 0. The van der Waals surface area contributed by atoms with E-state index in [9.17, 15) is 22.0 Å². The Kier molecular flexibility index (Phi) is 4.64. The molecule has 1 aromatic heterocycles. The fourth-order valence-corrected chi connectivity index (χ4v) is 6.57. The number of aromatic nitrogens is 1. The molecule has 2 fully saturated rings. The second-order valence-electron chi connectivity index (χ2n) is 7.95. The predicted octanol–water partition coefficient (Wildman–Crippen LogP) is 2.75. The molecular weight excluding hydrogens is 414 g/mol. The number of hydrogen-bond donors (Lipinski definition) is 3. The summed E-state index contributed by atoms with van der Waals surface area (Å²) in [6.45, 7) is 1.52. The minimum Gasteiger partial charge on any atom is -0.362 e. The number of rotatable bonds is 3. The SMILES string of the molecule is C[C@@]1(c2cc(NC(=O)c3ccc(F)cn3)ccc2F)CS(=O)(=O)C2(CCC2)C(=N)N1. The van der Waals surface area contributed by atoms with E-state index in [0.29, 0.717) is 12.8 Å². The van der Waals surface area contributed by atoms with Crippen LogP contribution in [0.15, 0.2) is 36.5 Å². The Labute approximate surface area is 172 Å². The van der Waals surface area contributed by atoms with Crippen molar-refractivity contribution in [3.63, 3.8) is 0 Å². The number of amides is 1. The van der Waals surface area contributed by atoms with Gasteiger partial charge in [-0.2, -0.15) is 0 Å². The van der Waals surface area contributed by atoms with Gasteiger partial charge in [-0.3, -0.25) is 10.2 Å². The number of nitrogens with zero attached hydrogens (tertiary/aromatic N) is 1. The van der Waals surface area contributed by atoms with Crippen LogP contribution in [0.25, 0.3) is 0 Å². The monoisotopic (exact) mass is 434 g/mol. The molecule has 1 aromatic carbocycles. The molecule has 30 heavy (non-hydrogen) atoms. The van der Waals surface area contributed by atoms with Gasteiger partial charge in [0.1, 0.15) is 27.9 Å². The summed E-state index contributed by atoms with van der Waals surface area (Å²) < 4.78 is 52.4. The van der Waals surface area contributed by atoms with Crippen LogP contribution in [-0.4, -0.2) is 35.6 Å². The Morgan fingerprint density at radius 3 is 2.53 bits per heavy atom. The van der Waals surface area contributed by atoms with E-state index in [4.69, 9.17) is 5.41 Å². The lowest BCUT2D eigenvalue weighted by atomic mass is 9.81. The van der Waals surface area contributed by atoms with Crippen LogP contribution in [0.2, 0.25) is 0 Å². The van der Waals surface area contributed by atoms with Crippen LogP contribution in [0.1, 0.15) is 42.2 Å². The predicted molar refractivity (Wildman–Crippen MR) is 107 cm³/mol. The molecule has 158 valence electrons. The number of carbonyl (C=O) groups is 1. The molecule has 0 bridgehead atoms. The molecule has 2 aliphatic rings. The molecule has 7 nitrogen and oxygen atoms in total. The molecule has 2 heterocycles. The van der Waals surface area contributed by atoms with Crippen LogP contribution in [0.4, 0.5) is 14.5 Å². The number of anilines is 1. The zero-order valence-electron chi connectivity index (χ0n) is 16.1. The normalized spacial score (nSPS) is 24.0. The zero-order valence-corrected chi connectivity index (χ0v) is 16.9. The first-order valence-corrected chi connectivity index (χ1v) is 11.0. The maximum absolute atomic E-state index is 14.7. The number of carbonyl (C=O) groups excluding carboxylic acids is 1. The summed E-state index contributed by atoms with van der Waals surface area (Å²) in [5.41, 5.74) is -1.15. The summed E-state index contributed by atoms with van der Waals surface area (Å²) in [5, 5.41) is 13.8. The van der Waals surface area contributed by atoms with Gasteiger partial charge in [-0.25, -0.2) is 22.2 Å². The van der Waals surface area contributed by atoms with Gasteiger partial charge in [0.2, 0.25) is 0 Å². The molecule has 1 saturated heterocycles. The lowest BCUT2D eigenvalue weighted by Crippen LogP contribution is -2.68. The minimum absolute atomic E-state index is 0.0230. The van der Waals surface area contributed by atoms with Gasteiger partial charge in [-0.1, -0.05) is 0 Å². The van der Waals surface area contributed by atoms with Crippen LogP contribution in [0.3, 0.4) is 0 Å². The van der Waals surface area contributed by atoms with Crippen molar-refractivity contribution in [2.45, 2.75) is 36.5 Å². The molecule has 1 spiro atoms. The van der Waals surface area contributed by atoms with Crippen molar-refractivity contribution in [2.24, 2.45) is 0 Å². The quantitative estimate of drug-likeness (QED) is 0.688. The Morgan fingerprint density at radius 2 is 1.97 bits per heavy atom. The maximum Gasteiger partial charge on any atom is 0.274 e. The van der Waals surface area contributed by atoms with Crippen LogP contribution >= 0.6 is 0 Å². The molecule has 4 rings (SSSR count). The highest BCUT2D eigenvalue weighted by molar-refractivity contribution is 7.93. The van der Waals surface area contributed by atoms with Crippen LogP contribution in [-0.2, 0) is 15.4 Å². The van der Waals surface area contributed by atoms with E-state index in [1.54, 1.807) is 0 Å². The van der Waals surface area contributed by atoms with E-state index >= 15 is 0 Å². The Morgan fingerprint density at radius 1 is 1.23 bits per heavy atom. The highest BCUT2D eigenvalue weighted by atomic mass is 32.2. The first kappa shape index (κ1) is 20.4. The van der Waals surface area contributed by atoms with Crippen molar-refractivity contribution in [2.75, 3.05) is 11.1 Å². The van der Waals surface area contributed by atoms with Crippen molar-refractivity contribution in [3.05, 3.63) is 59.4 Å². The van der Waals surface area contributed by atoms with Gasteiger partial charge < -0.3 is 10.6 Å². The molecule has 1 atom stereocenters. The molecular formula is C20H20F2N4O3S. The molecule has 2 aromatic rings. The molecule has 3 N–H and O–H groups in total. The van der Waals surface area contributed by atoms with E-state index < -0.39 is 37.7 Å². The summed E-state index contributed by atoms with van der Waals surface area (Å²) in [5.74, 6) is -2.35. The van der Waals surface area contributed by atoms with Crippen LogP contribution in [0, 0.1) is 17.0 Å². The van der Waals surface area contributed by atoms with Gasteiger partial charge in [0, 0.05) is 11.3 Å². The largest absolute Gasteiger partial charge is 0.362 e. The van der Waals surface area contributed by atoms with Gasteiger partial charge >= 0.3 is 0 Å².